The quantitative estimate of drug-likeness (QED) is 0.378. The Kier molecular flexibility index (Phi) is 6.10. The second kappa shape index (κ2) is 8.27. The molecule has 2 amide bonds. The molecule has 7 heteroatoms. The third kappa shape index (κ3) is 4.56. The molecular formula is C18H23N5O2. The van der Waals surface area contributed by atoms with Crippen LogP contribution in [-0.2, 0) is 11.4 Å². The van der Waals surface area contributed by atoms with Crippen LogP contribution in [0.3, 0.4) is 0 Å². The Hall–Kier alpha value is -2.90. The predicted octanol–water partition coefficient (Wildman–Crippen LogP) is 2.46. The Morgan fingerprint density at radius 3 is 2.48 bits per heavy atom. The first-order valence-electron chi connectivity index (χ1n) is 7.78. The van der Waals surface area contributed by atoms with E-state index in [1.54, 1.807) is 18.3 Å². The van der Waals surface area contributed by atoms with Gasteiger partial charge in [0, 0.05) is 12.6 Å². The molecule has 0 fully saturated rings. The third-order valence-electron chi connectivity index (χ3n) is 3.81. The van der Waals surface area contributed by atoms with E-state index < -0.39 is 6.03 Å². The van der Waals surface area contributed by atoms with Gasteiger partial charge in [0.15, 0.2) is 0 Å². The van der Waals surface area contributed by atoms with Gasteiger partial charge in [0.25, 0.3) is 0 Å². The van der Waals surface area contributed by atoms with Crippen LogP contribution in [0.25, 0.3) is 0 Å². The first-order chi connectivity index (χ1) is 11.9. The summed E-state index contributed by atoms with van der Waals surface area (Å²) >= 11 is 0. The van der Waals surface area contributed by atoms with E-state index in [-0.39, 0.29) is 0 Å². The van der Waals surface area contributed by atoms with E-state index in [2.05, 4.69) is 5.16 Å². The van der Waals surface area contributed by atoms with Crippen LogP contribution < -0.4 is 16.7 Å². The zero-order valence-electron chi connectivity index (χ0n) is 14.6. The van der Waals surface area contributed by atoms with Gasteiger partial charge < -0.3 is 4.84 Å². The van der Waals surface area contributed by atoms with Crippen molar-refractivity contribution < 1.29 is 9.63 Å². The molecule has 0 aliphatic rings. The Bertz CT molecular complexity index is 774. The molecule has 0 aliphatic carbocycles. The average Bonchev–Trinajstić information content (AvgIpc) is 2.59. The molecule has 25 heavy (non-hydrogen) atoms. The summed E-state index contributed by atoms with van der Waals surface area (Å²) in [5, 5.41) is 5.92. The number of hydrogen-bond donors (Lipinski definition) is 2. The van der Waals surface area contributed by atoms with Gasteiger partial charge in [-0.1, -0.05) is 41.6 Å². The molecule has 0 aromatic heterocycles. The number of nitrogens with zero attached hydrogens (tertiary/aromatic N) is 3. The van der Waals surface area contributed by atoms with Crippen molar-refractivity contribution in [3.05, 3.63) is 64.7 Å². The number of hydrazine groups is 2. The minimum absolute atomic E-state index is 0.362. The molecule has 132 valence electrons. The number of rotatable bonds is 5. The zero-order valence-corrected chi connectivity index (χ0v) is 14.6. The van der Waals surface area contributed by atoms with E-state index in [4.69, 9.17) is 16.5 Å². The van der Waals surface area contributed by atoms with E-state index >= 15 is 0 Å². The number of aryl methyl sites for hydroxylation is 2. The molecule has 2 aromatic rings. The Morgan fingerprint density at radius 1 is 1.12 bits per heavy atom. The largest absolute Gasteiger partial charge is 0.391 e. The van der Waals surface area contributed by atoms with Crippen molar-refractivity contribution in [1.29, 1.82) is 0 Å². The Balaban J connectivity index is 2.16. The van der Waals surface area contributed by atoms with E-state index in [1.807, 2.05) is 44.2 Å². The van der Waals surface area contributed by atoms with Gasteiger partial charge in [-0.3, -0.25) is 5.01 Å². The van der Waals surface area contributed by atoms with Crippen LogP contribution in [0.4, 0.5) is 10.5 Å². The Labute approximate surface area is 147 Å². The smallest absolute Gasteiger partial charge is 0.352 e. The number of benzene rings is 2. The van der Waals surface area contributed by atoms with Gasteiger partial charge >= 0.3 is 6.03 Å². The molecular weight excluding hydrogens is 318 g/mol. The lowest BCUT2D eigenvalue weighted by Crippen LogP contribution is -2.49. The lowest BCUT2D eigenvalue weighted by Gasteiger charge is -2.22. The number of carbonyl (C=O) groups is 1. The zero-order chi connectivity index (χ0) is 18.4. The minimum atomic E-state index is -0.541. The van der Waals surface area contributed by atoms with Crippen LogP contribution in [0, 0.1) is 13.8 Å². The lowest BCUT2D eigenvalue weighted by molar-refractivity contribution is 0.131. The molecule has 0 aliphatic heterocycles. The van der Waals surface area contributed by atoms with Crippen molar-refractivity contribution in [3.8, 4) is 0 Å². The van der Waals surface area contributed by atoms with Gasteiger partial charge in [0.05, 0.1) is 11.9 Å². The SMILES string of the molecule is Cc1ccccc1CON=Cc1c(C)cccc1N(N)C(=O)N(C)N. The maximum atomic E-state index is 12.0. The molecule has 2 rings (SSSR count). The number of anilines is 1. The third-order valence-corrected chi connectivity index (χ3v) is 3.81. The van der Waals surface area contributed by atoms with Crippen LogP contribution in [-0.4, -0.2) is 24.3 Å². The summed E-state index contributed by atoms with van der Waals surface area (Å²) in [5.74, 6) is 11.4. The molecule has 2 aromatic carbocycles. The summed E-state index contributed by atoms with van der Waals surface area (Å²) in [6, 6.07) is 12.8. The first-order valence-corrected chi connectivity index (χ1v) is 7.78. The second-order valence-corrected chi connectivity index (χ2v) is 5.71. The van der Waals surface area contributed by atoms with Gasteiger partial charge in [0.2, 0.25) is 0 Å². The molecule has 0 bridgehead atoms. The van der Waals surface area contributed by atoms with Crippen LogP contribution in [0.1, 0.15) is 22.3 Å². The number of oxime groups is 1. The maximum absolute atomic E-state index is 12.0. The van der Waals surface area contributed by atoms with Crippen LogP contribution in [0.15, 0.2) is 47.6 Å². The van der Waals surface area contributed by atoms with Crippen molar-refractivity contribution in [1.82, 2.24) is 5.01 Å². The monoisotopic (exact) mass is 341 g/mol. The summed E-state index contributed by atoms with van der Waals surface area (Å²) in [7, 11) is 1.43. The highest BCUT2D eigenvalue weighted by atomic mass is 16.6. The molecule has 0 atom stereocenters. The Morgan fingerprint density at radius 2 is 1.80 bits per heavy atom. The van der Waals surface area contributed by atoms with Gasteiger partial charge in [-0.25, -0.2) is 21.5 Å². The molecule has 0 radical (unpaired) electrons. The van der Waals surface area contributed by atoms with E-state index in [1.165, 1.54) is 7.05 Å². The summed E-state index contributed by atoms with van der Waals surface area (Å²) in [4.78, 5) is 17.4. The highest BCUT2D eigenvalue weighted by Crippen LogP contribution is 2.21. The van der Waals surface area contributed by atoms with Crippen LogP contribution in [0.2, 0.25) is 0 Å². The van der Waals surface area contributed by atoms with Crippen molar-refractivity contribution in [2.45, 2.75) is 20.5 Å². The topological polar surface area (TPSA) is 97.2 Å². The minimum Gasteiger partial charge on any atom is -0.391 e. The van der Waals surface area contributed by atoms with Crippen molar-refractivity contribution >= 4 is 17.9 Å². The predicted molar refractivity (Wildman–Crippen MR) is 98.8 cm³/mol. The molecule has 0 saturated carbocycles. The molecule has 0 heterocycles. The summed E-state index contributed by atoms with van der Waals surface area (Å²) in [6.45, 7) is 4.28. The second-order valence-electron chi connectivity index (χ2n) is 5.71. The fourth-order valence-electron chi connectivity index (χ4n) is 2.28. The fraction of sp³-hybridized carbons (Fsp3) is 0.222. The normalized spacial score (nSPS) is 10.8. The van der Waals surface area contributed by atoms with Crippen molar-refractivity contribution in [2.24, 2.45) is 16.8 Å². The molecule has 0 unspecified atom stereocenters. The van der Waals surface area contributed by atoms with E-state index in [9.17, 15) is 4.79 Å². The van der Waals surface area contributed by atoms with E-state index in [0.717, 1.165) is 26.7 Å². The average molecular weight is 341 g/mol. The molecule has 7 nitrogen and oxygen atoms in total. The summed E-state index contributed by atoms with van der Waals surface area (Å²) in [5.41, 5.74) is 4.28. The van der Waals surface area contributed by atoms with Crippen molar-refractivity contribution in [2.75, 3.05) is 12.1 Å². The molecule has 0 saturated heterocycles. The highest BCUT2D eigenvalue weighted by Gasteiger charge is 2.17. The van der Waals surface area contributed by atoms with Gasteiger partial charge in [-0.05, 0) is 36.6 Å². The van der Waals surface area contributed by atoms with Crippen LogP contribution in [0.5, 0.6) is 0 Å². The highest BCUT2D eigenvalue weighted by molar-refractivity contribution is 5.98. The number of urea groups is 1. The molecule has 4 N–H and O–H groups in total. The van der Waals surface area contributed by atoms with Crippen molar-refractivity contribution in [3.63, 3.8) is 0 Å². The summed E-state index contributed by atoms with van der Waals surface area (Å²) in [6.07, 6.45) is 1.55. The first kappa shape index (κ1) is 18.4. The maximum Gasteiger partial charge on any atom is 0.352 e. The number of hydrogen-bond acceptors (Lipinski definition) is 5. The number of nitrogens with two attached hydrogens (primary N) is 2. The standard InChI is InChI=1S/C18H23N5O2/c1-13-7-4-5-9-15(13)12-25-21-11-16-14(2)8-6-10-17(16)23(20)18(24)22(3)19/h4-11H,12,19-20H2,1-3H3. The summed E-state index contributed by atoms with van der Waals surface area (Å²) < 4.78 is 0. The number of amides is 2. The molecule has 0 spiro atoms. The fourth-order valence-corrected chi connectivity index (χ4v) is 2.28. The van der Waals surface area contributed by atoms with E-state index in [0.29, 0.717) is 17.9 Å². The van der Waals surface area contributed by atoms with Gasteiger partial charge in [-0.15, -0.1) is 0 Å². The lowest BCUT2D eigenvalue weighted by atomic mass is 10.1. The van der Waals surface area contributed by atoms with Gasteiger partial charge in [-0.2, -0.15) is 0 Å². The van der Waals surface area contributed by atoms with Gasteiger partial charge in [0.1, 0.15) is 6.61 Å². The number of carbonyl (C=O) groups excluding carboxylic acids is 1. The van der Waals surface area contributed by atoms with Crippen LogP contribution >= 0.6 is 0 Å².